The van der Waals surface area contributed by atoms with Crippen LogP contribution < -0.4 is 4.42 Å². The summed E-state index contributed by atoms with van der Waals surface area (Å²) in [7, 11) is 0. The molecule has 0 aromatic carbocycles. The van der Waals surface area contributed by atoms with E-state index in [1.54, 1.807) is 0 Å². The molecule has 0 saturated carbocycles. The fourth-order valence-electron chi connectivity index (χ4n) is 0.517. The molecule has 0 atom stereocenters. The number of amides is 1. The zero-order chi connectivity index (χ0) is 9.14. The first-order chi connectivity index (χ1) is 5.61. The summed E-state index contributed by atoms with van der Waals surface area (Å²) in [4.78, 5) is 17.4. The van der Waals surface area contributed by atoms with Gasteiger partial charge in [0.2, 0.25) is 5.28 Å². The van der Waals surface area contributed by atoms with Gasteiger partial charge in [-0.3, -0.25) is 0 Å². The molecule has 0 radical (unpaired) electrons. The molecule has 1 N–H and O–H groups in total. The molecule has 0 aliphatic heterocycles. The Bertz CT molecular complexity index is 289. The predicted molar refractivity (Wildman–Crippen MR) is 43.4 cm³/mol. The zero-order valence-corrected chi connectivity index (χ0v) is 7.12. The zero-order valence-electron chi connectivity index (χ0n) is 5.61. The normalized spacial score (nSPS) is 9.50. The topological polar surface area (TPSA) is 66.3 Å². The van der Waals surface area contributed by atoms with Crippen LogP contribution in [0.1, 0.15) is 0 Å². The molecule has 1 aromatic heterocycles. The predicted octanol–water partition coefficient (Wildman–Crippen LogP) is 1.77. The van der Waals surface area contributed by atoms with Crippen molar-refractivity contribution in [1.82, 2.24) is 9.97 Å². The molecule has 0 saturated heterocycles. The minimum atomic E-state index is -1.30. The van der Waals surface area contributed by atoms with Crippen LogP contribution in [0.25, 0.3) is 0 Å². The van der Waals surface area contributed by atoms with Crippen molar-refractivity contribution in [3.05, 3.63) is 17.7 Å². The summed E-state index contributed by atoms with van der Waals surface area (Å²) >= 11 is 10.7. The van der Waals surface area contributed by atoms with E-state index in [1.807, 2.05) is 0 Å². The molecular formula is C5H3Cl2N3O2. The van der Waals surface area contributed by atoms with Crippen molar-refractivity contribution in [1.29, 1.82) is 0 Å². The molecule has 1 heterocycles. The van der Waals surface area contributed by atoms with Crippen molar-refractivity contribution < 1.29 is 9.90 Å². The molecule has 0 spiro atoms. The van der Waals surface area contributed by atoms with Gasteiger partial charge in [0.25, 0.3) is 0 Å². The van der Waals surface area contributed by atoms with Crippen molar-refractivity contribution in [2.75, 3.05) is 4.42 Å². The van der Waals surface area contributed by atoms with Gasteiger partial charge in [-0.1, -0.05) is 0 Å². The second kappa shape index (κ2) is 3.55. The Morgan fingerprint density at radius 3 is 2.42 bits per heavy atom. The highest BCUT2D eigenvalue weighted by Crippen LogP contribution is 2.14. The Morgan fingerprint density at radius 1 is 1.50 bits per heavy atom. The minimum absolute atomic E-state index is 0.0363. The number of aromatic nitrogens is 2. The van der Waals surface area contributed by atoms with Crippen LogP contribution in [0.5, 0.6) is 0 Å². The third-order valence-electron chi connectivity index (χ3n) is 1.00. The maximum absolute atomic E-state index is 10.3. The lowest BCUT2D eigenvalue weighted by molar-refractivity contribution is 0.206. The van der Waals surface area contributed by atoms with E-state index in [0.717, 1.165) is 0 Å². The number of carbonyl (C=O) groups is 1. The molecule has 12 heavy (non-hydrogen) atoms. The monoisotopic (exact) mass is 207 g/mol. The van der Waals surface area contributed by atoms with Crippen molar-refractivity contribution >= 4 is 35.2 Å². The maximum Gasteiger partial charge on any atom is 0.426 e. The van der Waals surface area contributed by atoms with Crippen molar-refractivity contribution in [3.63, 3.8) is 0 Å². The van der Waals surface area contributed by atoms with E-state index in [9.17, 15) is 4.79 Å². The Hall–Kier alpha value is -1.07. The smallest absolute Gasteiger partial charge is 0.426 e. The van der Waals surface area contributed by atoms with Gasteiger partial charge in [-0.25, -0.2) is 14.8 Å². The van der Waals surface area contributed by atoms with Crippen molar-refractivity contribution in [2.45, 2.75) is 0 Å². The largest absolute Gasteiger partial charge is 0.464 e. The minimum Gasteiger partial charge on any atom is -0.464 e. The van der Waals surface area contributed by atoms with E-state index in [0.29, 0.717) is 4.42 Å². The van der Waals surface area contributed by atoms with Gasteiger partial charge in [-0.05, 0) is 11.6 Å². The number of rotatable bonds is 1. The third kappa shape index (κ3) is 1.96. The summed E-state index contributed by atoms with van der Waals surface area (Å²) < 4.78 is 0.469. The molecule has 0 fully saturated rings. The summed E-state index contributed by atoms with van der Waals surface area (Å²) in [5, 5.41) is 8.45. The van der Waals surface area contributed by atoms with E-state index >= 15 is 0 Å². The first-order valence-electron chi connectivity index (χ1n) is 2.77. The highest BCUT2D eigenvalue weighted by molar-refractivity contribution is 6.35. The van der Waals surface area contributed by atoms with Crippen LogP contribution in [0.4, 0.5) is 10.5 Å². The van der Waals surface area contributed by atoms with Crippen molar-refractivity contribution in [3.8, 4) is 0 Å². The summed E-state index contributed by atoms with van der Waals surface area (Å²) in [6, 6.07) is 0. The summed E-state index contributed by atoms with van der Waals surface area (Å²) in [6.07, 6.45) is 1.11. The quantitative estimate of drug-likeness (QED) is 0.564. The molecule has 1 rings (SSSR count). The Morgan fingerprint density at radius 2 is 2.00 bits per heavy atom. The lowest BCUT2D eigenvalue weighted by atomic mass is 10.5. The standard InChI is InChI=1S/C5H3Cl2N3O2/c6-4-8-1-3(2-9-4)10(7)5(11)12/h1-2H,(H,11,12). The van der Waals surface area contributed by atoms with Crippen molar-refractivity contribution in [2.24, 2.45) is 0 Å². The van der Waals surface area contributed by atoms with E-state index < -0.39 is 6.09 Å². The highest BCUT2D eigenvalue weighted by atomic mass is 35.5. The molecule has 0 aliphatic rings. The van der Waals surface area contributed by atoms with Gasteiger partial charge >= 0.3 is 6.09 Å². The van der Waals surface area contributed by atoms with Gasteiger partial charge in [0, 0.05) is 11.8 Å². The van der Waals surface area contributed by atoms with Crippen LogP contribution in [0, 0.1) is 0 Å². The first-order valence-corrected chi connectivity index (χ1v) is 3.49. The van der Waals surface area contributed by atoms with Gasteiger partial charge in [0.15, 0.2) is 0 Å². The molecule has 1 amide bonds. The molecule has 0 aliphatic carbocycles. The molecule has 64 valence electrons. The second-order valence-electron chi connectivity index (χ2n) is 1.77. The fourth-order valence-corrected chi connectivity index (χ4v) is 0.702. The molecule has 1 aromatic rings. The molecule has 0 bridgehead atoms. The van der Waals surface area contributed by atoms with Crippen LogP contribution in [-0.4, -0.2) is 21.2 Å². The van der Waals surface area contributed by atoms with Crippen LogP contribution in [0.3, 0.4) is 0 Å². The third-order valence-corrected chi connectivity index (χ3v) is 1.54. The average Bonchev–Trinajstić information content (AvgIpc) is 2.04. The van der Waals surface area contributed by atoms with E-state index in [4.69, 9.17) is 28.5 Å². The summed E-state index contributed by atoms with van der Waals surface area (Å²) in [5.41, 5.74) is 0.147. The van der Waals surface area contributed by atoms with E-state index in [-0.39, 0.29) is 11.0 Å². The molecule has 5 nitrogen and oxygen atoms in total. The Labute approximate surface area is 77.7 Å². The number of hydrogen-bond donors (Lipinski definition) is 1. The van der Waals surface area contributed by atoms with Gasteiger partial charge in [-0.15, -0.1) is 0 Å². The Balaban J connectivity index is 2.89. The van der Waals surface area contributed by atoms with Gasteiger partial charge in [0.1, 0.15) is 5.69 Å². The first kappa shape index (κ1) is 9.02. The fraction of sp³-hybridized carbons (Fsp3) is 0. The van der Waals surface area contributed by atoms with Crippen LogP contribution in [0.2, 0.25) is 5.28 Å². The Kier molecular flexibility index (Phi) is 2.67. The van der Waals surface area contributed by atoms with E-state index in [2.05, 4.69) is 9.97 Å². The van der Waals surface area contributed by atoms with Gasteiger partial charge in [-0.2, -0.15) is 4.42 Å². The molecule has 7 heteroatoms. The number of carboxylic acid groups (broad SMARTS) is 1. The maximum atomic E-state index is 10.3. The lowest BCUT2D eigenvalue weighted by Gasteiger charge is -2.06. The van der Waals surface area contributed by atoms with Gasteiger partial charge < -0.3 is 5.11 Å². The number of halogens is 2. The van der Waals surface area contributed by atoms with Crippen LogP contribution in [0.15, 0.2) is 12.4 Å². The summed E-state index contributed by atoms with van der Waals surface area (Å²) in [5.74, 6) is 0. The second-order valence-corrected chi connectivity index (χ2v) is 2.45. The van der Waals surface area contributed by atoms with Crippen LogP contribution >= 0.6 is 23.4 Å². The highest BCUT2D eigenvalue weighted by Gasteiger charge is 2.11. The SMILES string of the molecule is O=C(O)N(Cl)c1cnc(Cl)nc1. The number of anilines is 1. The molecule has 0 unspecified atom stereocenters. The number of nitrogens with zero attached hydrogens (tertiary/aromatic N) is 3. The summed E-state index contributed by atoms with van der Waals surface area (Å²) in [6.45, 7) is 0. The van der Waals surface area contributed by atoms with Crippen LogP contribution in [-0.2, 0) is 0 Å². The van der Waals surface area contributed by atoms with E-state index in [1.165, 1.54) is 12.4 Å². The number of hydrogen-bond acceptors (Lipinski definition) is 3. The molecular weight excluding hydrogens is 205 g/mol. The average molecular weight is 208 g/mol. The van der Waals surface area contributed by atoms with Gasteiger partial charge in [0.05, 0.1) is 12.4 Å². The lowest BCUT2D eigenvalue weighted by Crippen LogP contribution is -2.17.